The number of rotatable bonds is 28. The van der Waals surface area contributed by atoms with Crippen molar-refractivity contribution >= 4 is 101 Å². The van der Waals surface area contributed by atoms with E-state index in [1.165, 1.54) is 19.3 Å². The van der Waals surface area contributed by atoms with Gasteiger partial charge in [0, 0.05) is 144 Å². The molecule has 0 spiro atoms. The lowest BCUT2D eigenvalue weighted by Crippen LogP contribution is -2.28. The van der Waals surface area contributed by atoms with Gasteiger partial charge in [0.05, 0.1) is 99.1 Å². The number of methoxy groups -OCH3 is 1. The molecule has 0 bridgehead atoms. The van der Waals surface area contributed by atoms with Crippen molar-refractivity contribution in [3.8, 4) is 34.5 Å². The molecule has 2 atom stereocenters. The number of benzene rings is 6. The number of hydrogen-bond donors (Lipinski definition) is 12. The summed E-state index contributed by atoms with van der Waals surface area (Å²) in [4.78, 5) is 58.7. The first-order valence-corrected chi connectivity index (χ1v) is 52.3. The molecular weight excluding hydrogens is 1830 g/mol. The summed E-state index contributed by atoms with van der Waals surface area (Å²) in [6.45, 7) is 7.04. The van der Waals surface area contributed by atoms with E-state index < -0.39 is 0 Å². The molecule has 0 amide bonds. The van der Waals surface area contributed by atoms with Crippen molar-refractivity contribution in [2.24, 2.45) is 0 Å². The smallest absolute Gasteiger partial charge is 0.223 e. The third-order valence-corrected chi connectivity index (χ3v) is 27.9. The summed E-state index contributed by atoms with van der Waals surface area (Å²) in [5.74, 6) is 8.59. The molecular formula is C110H141N19O15. The van der Waals surface area contributed by atoms with E-state index in [0.29, 0.717) is 118 Å². The minimum absolute atomic E-state index is 0.0989. The quantitative estimate of drug-likeness (QED) is 0.0203. The predicted molar refractivity (Wildman–Crippen MR) is 557 cm³/mol. The molecule has 2 saturated heterocycles. The molecule has 34 nitrogen and oxygen atoms in total. The van der Waals surface area contributed by atoms with Crippen molar-refractivity contribution in [2.75, 3.05) is 85.3 Å². The molecule has 7 aliphatic carbocycles. The number of aliphatic hydroxyl groups is 6. The Kier molecular flexibility index (Phi) is 38.0. The van der Waals surface area contributed by atoms with Crippen LogP contribution in [0.1, 0.15) is 218 Å². The summed E-state index contributed by atoms with van der Waals surface area (Å²) in [5.41, 5.74) is 5.98. The molecule has 2 unspecified atom stereocenters. The standard InChI is InChI=1S/C20H22N4O2.C20H27N3O2.2C18H23N3O3.C17H23N3O3.C17H23N3O2/c25-17-7-5-15(6-8-17)23-20-22-12-14-4-9-18(11-19(14)24-20)26-13-16-3-1-2-10-21-16;24-16-11-9-15(10-12-16)22-20-21-13-14-5-4-8-18(19(14)23-20)25-17-6-2-1-3-7-17;22-14-4-2-13(3-5-14)20-18-19-10-12-1-6-15(9-17(12)21-18)24-16-7-8-23-11-16;22-14-6-4-13(5-7-14)20-18-19-10-12-2-1-3-16(17(12)21-18)24-15-8-9-23-11-15;1-22-9-10-23-15-4-2-3-12-11-18-17(20-16(12)15)19-13-5-7-14(21)8-6-13;1-2-10-22-15-5-3-4-12-11-18-17(20-16(12)15)19-13-6-8-14(21)9-7-13/h1-4,9-12,15,17,25H,5-8,13H2,(H,22,23,24);4-5,8,13,15-17,24H,1-3,6-7,9-12H2,(H,21,22,23);1,6,9-10,13-14,16,22H,2-5,7-8,11H2,(H,19,20,21);1-3,10,13-15,22H,4-9,11H2,(H,19,20,21);2-4,11,13-14,21H,5-10H2,1H3,(H,18,19,20);3-5,11,13-14,21H,2,6-10H2,1H3,(H,18,19,20). The zero-order chi connectivity index (χ0) is 99.0. The van der Waals surface area contributed by atoms with Crippen LogP contribution in [0.15, 0.2) is 171 Å². The fraction of sp³-hybridized carbons (Fsp3) is 0.518. The number of fused-ring (bicyclic) bond motifs is 6. The zero-order valence-corrected chi connectivity index (χ0v) is 82.8. The van der Waals surface area contributed by atoms with E-state index in [4.69, 9.17) is 47.6 Å². The second kappa shape index (κ2) is 53.0. The minimum atomic E-state index is -0.163. The van der Waals surface area contributed by atoms with E-state index >= 15 is 0 Å². The molecule has 13 aromatic rings. The van der Waals surface area contributed by atoms with Crippen LogP contribution in [0.4, 0.5) is 35.7 Å². The van der Waals surface area contributed by atoms with Gasteiger partial charge < -0.3 is 105 Å². The Morgan fingerprint density at radius 3 is 1.00 bits per heavy atom. The molecule has 0 radical (unpaired) electrons. The van der Waals surface area contributed by atoms with Gasteiger partial charge in [0.1, 0.15) is 82.0 Å². The summed E-state index contributed by atoms with van der Waals surface area (Å²) in [6, 6.07) is 43.2. The molecule has 7 aromatic heterocycles. The lowest BCUT2D eigenvalue weighted by molar-refractivity contribution is 0.125. The van der Waals surface area contributed by atoms with Gasteiger partial charge in [-0.3, -0.25) is 4.98 Å². The number of pyridine rings is 1. The molecule has 22 rings (SSSR count). The topological polar surface area (TPSA) is 444 Å². The van der Waals surface area contributed by atoms with Crippen LogP contribution in [-0.2, 0) is 20.8 Å². The van der Waals surface area contributed by atoms with Crippen molar-refractivity contribution in [1.29, 1.82) is 0 Å². The Hall–Kier alpha value is -12.3. The van der Waals surface area contributed by atoms with Gasteiger partial charge >= 0.3 is 0 Å². The number of ether oxygens (including phenoxy) is 9. The van der Waals surface area contributed by atoms with E-state index in [1.807, 2.05) is 165 Å². The van der Waals surface area contributed by atoms with Crippen LogP contribution >= 0.6 is 0 Å². The first-order chi connectivity index (χ1) is 70.6. The van der Waals surface area contributed by atoms with Crippen molar-refractivity contribution in [3.05, 3.63) is 176 Å². The highest BCUT2D eigenvalue weighted by Gasteiger charge is 2.29. The maximum atomic E-state index is 9.65. The van der Waals surface area contributed by atoms with Crippen molar-refractivity contribution in [1.82, 2.24) is 64.8 Å². The minimum Gasteiger partial charge on any atom is -0.491 e. The fourth-order valence-corrected chi connectivity index (χ4v) is 19.6. The average Bonchev–Trinajstić information content (AvgIpc) is 1.08. The Balaban J connectivity index is 0.000000119. The molecule has 9 heterocycles. The number of anilines is 6. The lowest BCUT2D eigenvalue weighted by atomic mass is 9.93. The second-order valence-corrected chi connectivity index (χ2v) is 39.2. The number of aliphatic hydroxyl groups excluding tert-OH is 6. The monoisotopic (exact) mass is 1970 g/mol. The summed E-state index contributed by atoms with van der Waals surface area (Å²) in [5, 5.41) is 83.9. The van der Waals surface area contributed by atoms with E-state index in [1.54, 1.807) is 13.3 Å². The Labute approximate surface area is 841 Å². The summed E-state index contributed by atoms with van der Waals surface area (Å²) in [7, 11) is 1.65. The van der Waals surface area contributed by atoms with Crippen LogP contribution in [-0.4, -0.2) is 240 Å². The van der Waals surface area contributed by atoms with E-state index in [2.05, 4.69) is 98.6 Å². The van der Waals surface area contributed by atoms with Crippen LogP contribution in [0.5, 0.6) is 34.5 Å². The van der Waals surface area contributed by atoms with Gasteiger partial charge in [-0.05, 0) is 247 Å². The van der Waals surface area contributed by atoms with Crippen LogP contribution in [0, 0.1) is 0 Å². The highest BCUT2D eigenvalue weighted by molar-refractivity contribution is 5.88. The molecule has 12 N–H and O–H groups in total. The van der Waals surface area contributed by atoms with Gasteiger partial charge in [0.15, 0.2) is 0 Å². The van der Waals surface area contributed by atoms with E-state index in [0.717, 1.165) is 305 Å². The molecule has 6 aromatic carbocycles. The van der Waals surface area contributed by atoms with Gasteiger partial charge in [-0.1, -0.05) is 67.9 Å². The predicted octanol–water partition coefficient (Wildman–Crippen LogP) is 17.9. The zero-order valence-electron chi connectivity index (χ0n) is 82.8. The lowest BCUT2D eigenvalue weighted by Gasteiger charge is -2.26. The van der Waals surface area contributed by atoms with Crippen molar-refractivity contribution < 1.29 is 73.3 Å². The second-order valence-electron chi connectivity index (χ2n) is 39.2. The van der Waals surface area contributed by atoms with E-state index in [-0.39, 0.29) is 48.8 Å². The maximum absolute atomic E-state index is 9.65. The number of nitrogens with zero attached hydrogens (tertiary/aromatic N) is 13. The third kappa shape index (κ3) is 30.9. The molecule has 9 aliphatic rings. The van der Waals surface area contributed by atoms with Crippen LogP contribution in [0.25, 0.3) is 65.4 Å². The largest absolute Gasteiger partial charge is 0.491 e. The molecule has 34 heteroatoms. The first-order valence-electron chi connectivity index (χ1n) is 52.3. The molecule has 144 heavy (non-hydrogen) atoms. The number of para-hydroxylation sites is 4. The molecule has 9 fully saturated rings. The van der Waals surface area contributed by atoms with Crippen LogP contribution < -0.4 is 60.3 Å². The molecule has 7 saturated carbocycles. The number of aromatic nitrogens is 13. The summed E-state index contributed by atoms with van der Waals surface area (Å²) < 4.78 is 51.4. The summed E-state index contributed by atoms with van der Waals surface area (Å²) in [6.07, 6.45) is 42.7. The fourth-order valence-electron chi connectivity index (χ4n) is 19.6. The van der Waals surface area contributed by atoms with E-state index in [9.17, 15) is 30.6 Å². The Morgan fingerprint density at radius 1 is 0.299 bits per heavy atom. The van der Waals surface area contributed by atoms with Gasteiger partial charge in [0.2, 0.25) is 35.7 Å². The number of nitrogens with one attached hydrogen (secondary N) is 6. The average molecular weight is 1970 g/mol. The molecule has 2 aliphatic heterocycles. The van der Waals surface area contributed by atoms with Crippen molar-refractivity contribution in [2.45, 2.75) is 310 Å². The van der Waals surface area contributed by atoms with Crippen LogP contribution in [0.3, 0.4) is 0 Å². The number of hydrogen-bond acceptors (Lipinski definition) is 34. The first kappa shape index (κ1) is 103. The van der Waals surface area contributed by atoms with Gasteiger partial charge in [-0.2, -0.15) is 0 Å². The summed E-state index contributed by atoms with van der Waals surface area (Å²) >= 11 is 0. The maximum Gasteiger partial charge on any atom is 0.223 e. The van der Waals surface area contributed by atoms with Gasteiger partial charge in [-0.15, -0.1) is 0 Å². The third-order valence-electron chi connectivity index (χ3n) is 27.9. The highest BCUT2D eigenvalue weighted by Crippen LogP contribution is 2.37. The van der Waals surface area contributed by atoms with Gasteiger partial charge in [-0.25, -0.2) is 59.8 Å². The highest BCUT2D eigenvalue weighted by atomic mass is 16.6. The van der Waals surface area contributed by atoms with Gasteiger partial charge in [0.25, 0.3) is 0 Å². The Morgan fingerprint density at radius 2 is 0.639 bits per heavy atom. The van der Waals surface area contributed by atoms with Crippen LogP contribution in [0.2, 0.25) is 0 Å². The Bertz CT molecular complexity index is 6130. The SMILES string of the molecule is CCCOc1cccc2cnc(NC3CCC(O)CC3)nc12.COCCOc1cccc2cnc(NC3CCC(O)CC3)nc12.OC1CCC(Nc2ncc3ccc(OC4CCOC4)cc3n2)CC1.OC1CCC(Nc2ncc3ccc(OCc4ccccn4)cc3n2)CC1.OC1CCC(Nc2ncc3cccc(OC4CCCCC4)c3n2)CC1.OC1CCC(Nc2ncc3cccc(OC4CCOC4)c3n2)CC1. The molecule has 766 valence electrons. The normalized spacial score (nSPS) is 23.8. The van der Waals surface area contributed by atoms with Crippen molar-refractivity contribution in [3.63, 3.8) is 0 Å².